The number of aromatic carboxylic acids is 1. The molecule has 168 valence electrons. The topological polar surface area (TPSA) is 123 Å². The molecular formula is C23H22N6O4. The van der Waals surface area contributed by atoms with E-state index in [0.717, 1.165) is 11.4 Å². The zero-order chi connectivity index (χ0) is 23.4. The molecule has 4 rings (SSSR count). The van der Waals surface area contributed by atoms with E-state index in [9.17, 15) is 9.90 Å². The van der Waals surface area contributed by atoms with E-state index in [0.29, 0.717) is 34.8 Å². The first kappa shape index (κ1) is 21.6. The molecule has 10 heteroatoms. The number of hydrogen-bond acceptors (Lipinski definition) is 8. The van der Waals surface area contributed by atoms with Gasteiger partial charge in [-0.25, -0.2) is 14.5 Å². The van der Waals surface area contributed by atoms with Gasteiger partial charge in [-0.05, 0) is 43.3 Å². The fourth-order valence-electron chi connectivity index (χ4n) is 3.22. The lowest BCUT2D eigenvalue weighted by Gasteiger charge is -2.12. The van der Waals surface area contributed by atoms with Crippen molar-refractivity contribution in [1.29, 1.82) is 0 Å². The summed E-state index contributed by atoms with van der Waals surface area (Å²) in [6, 6.07) is 15.5. The number of methoxy groups -OCH3 is 2. The van der Waals surface area contributed by atoms with E-state index in [-0.39, 0.29) is 5.56 Å². The van der Waals surface area contributed by atoms with Crippen LogP contribution in [0, 0.1) is 6.92 Å². The van der Waals surface area contributed by atoms with Crippen LogP contribution in [-0.2, 0) is 0 Å². The van der Waals surface area contributed by atoms with Crippen LogP contribution in [0.1, 0.15) is 16.1 Å². The second kappa shape index (κ2) is 9.27. The summed E-state index contributed by atoms with van der Waals surface area (Å²) in [5.74, 6) is 1.74. The molecule has 0 spiro atoms. The van der Waals surface area contributed by atoms with Crippen molar-refractivity contribution in [2.75, 3.05) is 24.9 Å². The third kappa shape index (κ3) is 4.85. The summed E-state index contributed by atoms with van der Waals surface area (Å²) in [7, 11) is 3.15. The van der Waals surface area contributed by atoms with E-state index >= 15 is 0 Å². The number of carbonyl (C=O) groups is 1. The number of aromatic nitrogens is 4. The quantitative estimate of drug-likeness (QED) is 0.366. The average Bonchev–Trinajstić information content (AvgIpc) is 3.19. The van der Waals surface area contributed by atoms with Crippen molar-refractivity contribution in [3.8, 4) is 17.2 Å². The predicted octanol–water partition coefficient (Wildman–Crippen LogP) is 4.17. The third-order valence-electron chi connectivity index (χ3n) is 4.72. The van der Waals surface area contributed by atoms with Crippen LogP contribution in [0.25, 0.3) is 5.69 Å². The van der Waals surface area contributed by atoms with Crippen LogP contribution >= 0.6 is 0 Å². The lowest BCUT2D eigenvalue weighted by atomic mass is 10.2. The number of nitrogens with one attached hydrogen (secondary N) is 2. The fraction of sp³-hybridized carbons (Fsp3) is 0.130. The van der Waals surface area contributed by atoms with E-state index in [1.54, 1.807) is 61.5 Å². The van der Waals surface area contributed by atoms with E-state index in [1.165, 1.54) is 6.07 Å². The van der Waals surface area contributed by atoms with Crippen molar-refractivity contribution in [3.05, 3.63) is 72.1 Å². The standard InChI is InChI=1S/C23H22N6O4/c1-14-11-21(29(28-14)17-6-4-5-15(12-17)22(30)31)26-20-9-10-24-23(27-20)25-16-7-8-18(32-2)19(13-16)33-3/h4-13H,1-3H3,(H,30,31)(H2,24,25,26,27). The van der Waals surface area contributed by atoms with Gasteiger partial charge in [0, 0.05) is 24.0 Å². The molecule has 2 aromatic heterocycles. The van der Waals surface area contributed by atoms with Gasteiger partial charge in [-0.1, -0.05) is 6.07 Å². The number of ether oxygens (including phenoxy) is 2. The average molecular weight is 446 g/mol. The number of carboxylic acids is 1. The molecule has 0 saturated carbocycles. The summed E-state index contributed by atoms with van der Waals surface area (Å²) in [4.78, 5) is 20.1. The Balaban J connectivity index is 1.59. The lowest BCUT2D eigenvalue weighted by molar-refractivity contribution is 0.0697. The number of nitrogens with zero attached hydrogens (tertiary/aromatic N) is 4. The number of anilines is 4. The Morgan fingerprint density at radius 1 is 1.00 bits per heavy atom. The highest BCUT2D eigenvalue weighted by Gasteiger charge is 2.12. The van der Waals surface area contributed by atoms with Gasteiger partial charge in [-0.15, -0.1) is 0 Å². The number of rotatable bonds is 8. The molecule has 0 aliphatic carbocycles. The largest absolute Gasteiger partial charge is 0.493 e. The minimum Gasteiger partial charge on any atom is -0.493 e. The van der Waals surface area contributed by atoms with Crippen LogP contribution in [0.4, 0.5) is 23.3 Å². The Morgan fingerprint density at radius 2 is 1.82 bits per heavy atom. The van der Waals surface area contributed by atoms with Crippen molar-refractivity contribution in [2.24, 2.45) is 0 Å². The number of carboxylic acid groups (broad SMARTS) is 1. The molecular weight excluding hydrogens is 424 g/mol. The van der Waals surface area contributed by atoms with Gasteiger partial charge in [0.25, 0.3) is 0 Å². The highest BCUT2D eigenvalue weighted by atomic mass is 16.5. The zero-order valence-electron chi connectivity index (χ0n) is 18.2. The van der Waals surface area contributed by atoms with E-state index < -0.39 is 5.97 Å². The molecule has 3 N–H and O–H groups in total. The van der Waals surface area contributed by atoms with Crippen LogP contribution in [-0.4, -0.2) is 45.0 Å². The van der Waals surface area contributed by atoms with Crippen molar-refractivity contribution in [1.82, 2.24) is 19.7 Å². The number of benzene rings is 2. The predicted molar refractivity (Wildman–Crippen MR) is 123 cm³/mol. The maximum Gasteiger partial charge on any atom is 0.335 e. The first-order chi connectivity index (χ1) is 16.0. The Labute approximate surface area is 189 Å². The van der Waals surface area contributed by atoms with Crippen molar-refractivity contribution in [3.63, 3.8) is 0 Å². The molecule has 0 atom stereocenters. The molecule has 0 fully saturated rings. The van der Waals surface area contributed by atoms with Gasteiger partial charge >= 0.3 is 5.97 Å². The smallest absolute Gasteiger partial charge is 0.335 e. The number of hydrogen-bond donors (Lipinski definition) is 3. The maximum atomic E-state index is 11.3. The molecule has 0 aliphatic heterocycles. The summed E-state index contributed by atoms with van der Waals surface area (Å²) < 4.78 is 12.2. The van der Waals surface area contributed by atoms with Crippen molar-refractivity contribution >= 4 is 29.2 Å². The summed E-state index contributed by atoms with van der Waals surface area (Å²) in [6.07, 6.45) is 1.62. The lowest BCUT2D eigenvalue weighted by Crippen LogP contribution is -2.06. The first-order valence-electron chi connectivity index (χ1n) is 9.96. The van der Waals surface area contributed by atoms with E-state index in [2.05, 4.69) is 25.7 Å². The summed E-state index contributed by atoms with van der Waals surface area (Å²) in [5.41, 5.74) is 2.28. The minimum absolute atomic E-state index is 0.176. The second-order valence-electron chi connectivity index (χ2n) is 7.02. The molecule has 33 heavy (non-hydrogen) atoms. The fourth-order valence-corrected chi connectivity index (χ4v) is 3.22. The minimum atomic E-state index is -1.00. The Kier molecular flexibility index (Phi) is 6.07. The molecule has 4 aromatic rings. The molecule has 0 radical (unpaired) electrons. The highest BCUT2D eigenvalue weighted by molar-refractivity contribution is 5.88. The Bertz CT molecular complexity index is 1300. The van der Waals surface area contributed by atoms with E-state index in [1.807, 2.05) is 19.1 Å². The SMILES string of the molecule is COc1ccc(Nc2nccc(Nc3cc(C)nn3-c3cccc(C(=O)O)c3)n2)cc1OC. The van der Waals surface area contributed by atoms with E-state index in [4.69, 9.17) is 9.47 Å². The van der Waals surface area contributed by atoms with Crippen LogP contribution in [0.5, 0.6) is 11.5 Å². The van der Waals surface area contributed by atoms with Crippen LogP contribution < -0.4 is 20.1 Å². The van der Waals surface area contributed by atoms with Gasteiger partial charge < -0.3 is 25.2 Å². The van der Waals surface area contributed by atoms with Crippen molar-refractivity contribution in [2.45, 2.75) is 6.92 Å². The molecule has 0 aliphatic rings. The first-order valence-corrected chi connectivity index (χ1v) is 9.96. The van der Waals surface area contributed by atoms with Crippen LogP contribution in [0.3, 0.4) is 0 Å². The Hall–Kier alpha value is -4.60. The van der Waals surface area contributed by atoms with Crippen LogP contribution in [0.2, 0.25) is 0 Å². The highest BCUT2D eigenvalue weighted by Crippen LogP contribution is 2.31. The molecule has 0 saturated heterocycles. The monoisotopic (exact) mass is 446 g/mol. The maximum absolute atomic E-state index is 11.3. The molecule has 2 aromatic carbocycles. The van der Waals surface area contributed by atoms with Gasteiger partial charge in [0.1, 0.15) is 11.6 Å². The third-order valence-corrected chi connectivity index (χ3v) is 4.72. The van der Waals surface area contributed by atoms with Gasteiger partial charge in [0.05, 0.1) is 31.2 Å². The molecule has 0 unspecified atom stereocenters. The summed E-state index contributed by atoms with van der Waals surface area (Å²) in [6.45, 7) is 1.85. The molecule has 2 heterocycles. The number of aryl methyl sites for hydroxylation is 1. The summed E-state index contributed by atoms with van der Waals surface area (Å²) >= 11 is 0. The summed E-state index contributed by atoms with van der Waals surface area (Å²) in [5, 5.41) is 20.1. The van der Waals surface area contributed by atoms with Crippen LogP contribution in [0.15, 0.2) is 60.8 Å². The van der Waals surface area contributed by atoms with Crippen molar-refractivity contribution < 1.29 is 19.4 Å². The van der Waals surface area contributed by atoms with Gasteiger partial charge in [0.15, 0.2) is 11.5 Å². The second-order valence-corrected chi connectivity index (χ2v) is 7.02. The molecule has 0 bridgehead atoms. The van der Waals surface area contributed by atoms with Gasteiger partial charge in [0.2, 0.25) is 5.95 Å². The zero-order valence-corrected chi connectivity index (χ0v) is 18.2. The van der Waals surface area contributed by atoms with Gasteiger partial charge in [-0.3, -0.25) is 0 Å². The molecule has 10 nitrogen and oxygen atoms in total. The Morgan fingerprint density at radius 3 is 2.58 bits per heavy atom. The molecule has 0 amide bonds. The normalized spacial score (nSPS) is 10.5. The van der Waals surface area contributed by atoms with Gasteiger partial charge in [-0.2, -0.15) is 10.1 Å².